The summed E-state index contributed by atoms with van der Waals surface area (Å²) in [6, 6.07) is 15.4. The summed E-state index contributed by atoms with van der Waals surface area (Å²) in [6.07, 6.45) is 1.76. The molecule has 1 aliphatic rings. The highest BCUT2D eigenvalue weighted by molar-refractivity contribution is 5.94. The van der Waals surface area contributed by atoms with E-state index in [-0.39, 0.29) is 24.2 Å². The minimum atomic E-state index is 0. The lowest BCUT2D eigenvalue weighted by molar-refractivity contribution is -0.120. The molecule has 2 N–H and O–H groups in total. The van der Waals surface area contributed by atoms with Crippen LogP contribution in [0.3, 0.4) is 0 Å². The van der Waals surface area contributed by atoms with Gasteiger partial charge in [0.05, 0.1) is 5.69 Å². The predicted molar refractivity (Wildman–Crippen MR) is 99.2 cm³/mol. The molecular formula is C19H23ClN2O2. The van der Waals surface area contributed by atoms with E-state index in [0.29, 0.717) is 5.75 Å². The molecule has 0 atom stereocenters. The lowest BCUT2D eigenvalue weighted by Crippen LogP contribution is -2.34. The smallest absolute Gasteiger partial charge is 0.227 e. The zero-order valence-electron chi connectivity index (χ0n) is 13.7. The van der Waals surface area contributed by atoms with E-state index in [0.717, 1.165) is 37.4 Å². The second-order valence-corrected chi connectivity index (χ2v) is 5.92. The Morgan fingerprint density at radius 3 is 2.46 bits per heavy atom. The molecule has 2 aromatic rings. The minimum absolute atomic E-state index is 0. The molecule has 0 spiro atoms. The third-order valence-electron chi connectivity index (χ3n) is 4.10. The number of ether oxygens (including phenoxy) is 1. The Bertz CT molecular complexity index is 667. The quantitative estimate of drug-likeness (QED) is 0.874. The molecule has 0 saturated carbocycles. The molecule has 0 bridgehead atoms. The highest BCUT2D eigenvalue weighted by Gasteiger charge is 2.21. The number of halogens is 1. The molecular weight excluding hydrogens is 324 g/mol. The SMILES string of the molecule is Cc1ccc(Oc2ccccc2NC(=O)C2CCNCC2)cc1.Cl. The maximum atomic E-state index is 12.4. The number of amides is 1. The van der Waals surface area contributed by atoms with E-state index in [1.54, 1.807) is 0 Å². The van der Waals surface area contributed by atoms with Gasteiger partial charge in [0.1, 0.15) is 5.75 Å². The van der Waals surface area contributed by atoms with Gasteiger partial charge in [-0.25, -0.2) is 0 Å². The Morgan fingerprint density at radius 1 is 1.08 bits per heavy atom. The van der Waals surface area contributed by atoms with Crippen LogP contribution in [0.15, 0.2) is 48.5 Å². The van der Waals surface area contributed by atoms with E-state index in [1.807, 2.05) is 55.5 Å². The van der Waals surface area contributed by atoms with Crippen LogP contribution in [-0.2, 0) is 4.79 Å². The number of piperidine rings is 1. The first-order valence-electron chi connectivity index (χ1n) is 8.07. The molecule has 128 valence electrons. The zero-order chi connectivity index (χ0) is 16.1. The van der Waals surface area contributed by atoms with Crippen molar-refractivity contribution >= 4 is 24.0 Å². The average Bonchev–Trinajstić information content (AvgIpc) is 2.59. The molecule has 0 aliphatic carbocycles. The molecule has 3 rings (SSSR count). The van der Waals surface area contributed by atoms with Crippen LogP contribution in [0.4, 0.5) is 5.69 Å². The van der Waals surface area contributed by atoms with Crippen LogP contribution in [0.2, 0.25) is 0 Å². The normalized spacial score (nSPS) is 14.5. The number of carbonyl (C=O) groups excluding carboxylic acids is 1. The molecule has 1 saturated heterocycles. The van der Waals surface area contributed by atoms with Crippen molar-refractivity contribution in [3.8, 4) is 11.5 Å². The fraction of sp³-hybridized carbons (Fsp3) is 0.316. The molecule has 24 heavy (non-hydrogen) atoms. The lowest BCUT2D eigenvalue weighted by atomic mass is 9.97. The van der Waals surface area contributed by atoms with Crippen LogP contribution >= 0.6 is 12.4 Å². The first kappa shape index (κ1) is 18.3. The lowest BCUT2D eigenvalue weighted by Gasteiger charge is -2.22. The Hall–Kier alpha value is -2.04. The number of nitrogens with one attached hydrogen (secondary N) is 2. The molecule has 1 amide bonds. The maximum Gasteiger partial charge on any atom is 0.227 e. The van der Waals surface area contributed by atoms with Crippen molar-refractivity contribution < 1.29 is 9.53 Å². The number of anilines is 1. The number of para-hydroxylation sites is 2. The van der Waals surface area contributed by atoms with Crippen molar-refractivity contribution in [2.24, 2.45) is 5.92 Å². The van der Waals surface area contributed by atoms with Crippen LogP contribution in [0.1, 0.15) is 18.4 Å². The van der Waals surface area contributed by atoms with Gasteiger partial charge >= 0.3 is 0 Å². The first-order chi connectivity index (χ1) is 11.2. The van der Waals surface area contributed by atoms with E-state index in [9.17, 15) is 4.79 Å². The molecule has 4 nitrogen and oxygen atoms in total. The largest absolute Gasteiger partial charge is 0.455 e. The summed E-state index contributed by atoms with van der Waals surface area (Å²) in [5, 5.41) is 6.30. The van der Waals surface area contributed by atoms with Crippen LogP contribution in [0.5, 0.6) is 11.5 Å². The molecule has 0 radical (unpaired) electrons. The zero-order valence-corrected chi connectivity index (χ0v) is 14.6. The molecule has 0 aromatic heterocycles. The Morgan fingerprint density at radius 2 is 1.75 bits per heavy atom. The van der Waals surface area contributed by atoms with Gasteiger partial charge in [-0.3, -0.25) is 4.79 Å². The topological polar surface area (TPSA) is 50.4 Å². The van der Waals surface area contributed by atoms with Gasteiger partial charge < -0.3 is 15.4 Å². The summed E-state index contributed by atoms with van der Waals surface area (Å²) in [5.74, 6) is 1.58. The molecule has 2 aromatic carbocycles. The van der Waals surface area contributed by atoms with E-state index in [2.05, 4.69) is 10.6 Å². The van der Waals surface area contributed by atoms with Crippen LogP contribution in [-0.4, -0.2) is 19.0 Å². The monoisotopic (exact) mass is 346 g/mol. The fourth-order valence-corrected chi connectivity index (χ4v) is 2.71. The highest BCUT2D eigenvalue weighted by Crippen LogP contribution is 2.30. The van der Waals surface area contributed by atoms with Crippen LogP contribution in [0, 0.1) is 12.8 Å². The Labute approximate surface area is 149 Å². The number of benzene rings is 2. The van der Waals surface area contributed by atoms with Gasteiger partial charge in [-0.05, 0) is 57.1 Å². The maximum absolute atomic E-state index is 12.4. The Kier molecular flexibility index (Phi) is 6.64. The molecule has 5 heteroatoms. The van der Waals surface area contributed by atoms with Crippen molar-refractivity contribution in [1.82, 2.24) is 5.32 Å². The summed E-state index contributed by atoms with van der Waals surface area (Å²) in [5.41, 5.74) is 1.90. The van der Waals surface area contributed by atoms with Gasteiger partial charge in [-0.2, -0.15) is 0 Å². The molecule has 0 unspecified atom stereocenters. The van der Waals surface area contributed by atoms with Gasteiger partial charge in [0.2, 0.25) is 5.91 Å². The number of hydrogen-bond acceptors (Lipinski definition) is 3. The van der Waals surface area contributed by atoms with Gasteiger partial charge in [-0.15, -0.1) is 12.4 Å². The number of carbonyl (C=O) groups is 1. The van der Waals surface area contributed by atoms with Gasteiger partial charge in [0.15, 0.2) is 5.75 Å². The standard InChI is InChI=1S/C19H22N2O2.ClH/c1-14-6-8-16(9-7-14)23-18-5-3-2-4-17(18)21-19(22)15-10-12-20-13-11-15;/h2-9,15,20H,10-13H2,1H3,(H,21,22);1H. The second-order valence-electron chi connectivity index (χ2n) is 5.92. The van der Waals surface area contributed by atoms with Gasteiger partial charge in [0.25, 0.3) is 0 Å². The summed E-state index contributed by atoms with van der Waals surface area (Å²) in [7, 11) is 0. The third-order valence-corrected chi connectivity index (χ3v) is 4.10. The minimum Gasteiger partial charge on any atom is -0.455 e. The van der Waals surface area contributed by atoms with E-state index >= 15 is 0 Å². The predicted octanol–water partition coefficient (Wildman–Crippen LogP) is 4.15. The van der Waals surface area contributed by atoms with Crippen LogP contribution in [0.25, 0.3) is 0 Å². The molecule has 1 heterocycles. The van der Waals surface area contributed by atoms with Crippen molar-refractivity contribution in [2.75, 3.05) is 18.4 Å². The summed E-state index contributed by atoms with van der Waals surface area (Å²) < 4.78 is 5.93. The number of rotatable bonds is 4. The van der Waals surface area contributed by atoms with E-state index in [1.165, 1.54) is 5.56 Å². The highest BCUT2D eigenvalue weighted by atomic mass is 35.5. The van der Waals surface area contributed by atoms with E-state index in [4.69, 9.17) is 4.74 Å². The summed E-state index contributed by atoms with van der Waals surface area (Å²) in [6.45, 7) is 3.84. The van der Waals surface area contributed by atoms with E-state index < -0.39 is 0 Å². The van der Waals surface area contributed by atoms with Crippen molar-refractivity contribution in [3.63, 3.8) is 0 Å². The third kappa shape index (κ3) is 4.73. The van der Waals surface area contributed by atoms with Gasteiger partial charge in [-0.1, -0.05) is 29.8 Å². The Balaban J connectivity index is 0.00000208. The molecule has 1 aliphatic heterocycles. The van der Waals surface area contributed by atoms with Crippen LogP contribution < -0.4 is 15.4 Å². The van der Waals surface area contributed by atoms with Crippen molar-refractivity contribution in [1.29, 1.82) is 0 Å². The fourth-order valence-electron chi connectivity index (χ4n) is 2.71. The summed E-state index contributed by atoms with van der Waals surface area (Å²) in [4.78, 5) is 12.4. The van der Waals surface area contributed by atoms with Gasteiger partial charge in [0, 0.05) is 5.92 Å². The molecule has 1 fully saturated rings. The number of aryl methyl sites for hydroxylation is 1. The summed E-state index contributed by atoms with van der Waals surface area (Å²) >= 11 is 0. The number of hydrogen-bond donors (Lipinski definition) is 2. The second kappa shape index (κ2) is 8.71. The first-order valence-corrected chi connectivity index (χ1v) is 8.07. The van der Waals surface area contributed by atoms with Crippen molar-refractivity contribution in [3.05, 3.63) is 54.1 Å². The average molecular weight is 347 g/mol. The van der Waals surface area contributed by atoms with Crippen molar-refractivity contribution in [2.45, 2.75) is 19.8 Å².